The van der Waals surface area contributed by atoms with Gasteiger partial charge in [0.1, 0.15) is 0 Å². The van der Waals surface area contributed by atoms with E-state index in [0.717, 1.165) is 25.7 Å². The lowest BCUT2D eigenvalue weighted by atomic mass is 9.78. The molecule has 2 aliphatic rings. The number of likely N-dealkylation sites (tertiary alicyclic amines) is 1. The van der Waals surface area contributed by atoms with Crippen LogP contribution in [0.25, 0.3) is 0 Å². The van der Waals surface area contributed by atoms with E-state index in [9.17, 15) is 14.7 Å². The number of hydrogen-bond donors (Lipinski definition) is 1. The van der Waals surface area contributed by atoms with Crippen molar-refractivity contribution in [2.75, 3.05) is 13.1 Å². The van der Waals surface area contributed by atoms with Crippen molar-refractivity contribution in [3.05, 3.63) is 11.7 Å². The molecule has 7 heteroatoms. The van der Waals surface area contributed by atoms with Crippen molar-refractivity contribution in [3.63, 3.8) is 0 Å². The Kier molecular flexibility index (Phi) is 5.39. The van der Waals surface area contributed by atoms with Crippen LogP contribution in [0.2, 0.25) is 0 Å². The van der Waals surface area contributed by atoms with Crippen LogP contribution in [0.5, 0.6) is 0 Å². The summed E-state index contributed by atoms with van der Waals surface area (Å²) in [5.41, 5.74) is 0. The summed E-state index contributed by atoms with van der Waals surface area (Å²) < 4.78 is 5.41. The number of amides is 1. The zero-order chi connectivity index (χ0) is 18.0. The van der Waals surface area contributed by atoms with Crippen LogP contribution >= 0.6 is 0 Å². The van der Waals surface area contributed by atoms with Crippen molar-refractivity contribution in [1.29, 1.82) is 0 Å². The average molecular weight is 349 g/mol. The van der Waals surface area contributed by atoms with Gasteiger partial charge in [-0.25, -0.2) is 0 Å². The number of piperidine rings is 1. The van der Waals surface area contributed by atoms with Crippen molar-refractivity contribution in [2.45, 2.75) is 64.2 Å². The Morgan fingerprint density at radius 1 is 1.16 bits per heavy atom. The first-order valence-corrected chi connectivity index (χ1v) is 9.32. The first-order valence-electron chi connectivity index (χ1n) is 9.32. The lowest BCUT2D eigenvalue weighted by Gasteiger charge is -2.36. The highest BCUT2D eigenvalue weighted by Gasteiger charge is 2.39. The smallest absolute Gasteiger partial charge is 0.307 e. The highest BCUT2D eigenvalue weighted by molar-refractivity contribution is 5.85. The number of carboxylic acids is 1. The maximum absolute atomic E-state index is 13.0. The molecule has 25 heavy (non-hydrogen) atoms. The number of nitrogens with zero attached hydrogens (tertiary/aromatic N) is 3. The molecule has 1 aliphatic carbocycles. The Balaban J connectivity index is 1.69. The summed E-state index contributed by atoms with van der Waals surface area (Å²) in [5, 5.41) is 13.5. The maximum atomic E-state index is 13.0. The summed E-state index contributed by atoms with van der Waals surface area (Å²) in [6.07, 6.45) is 4.89. The van der Waals surface area contributed by atoms with Gasteiger partial charge in [0.05, 0.1) is 17.8 Å². The summed E-state index contributed by atoms with van der Waals surface area (Å²) in [6.45, 7) is 5.26. The van der Waals surface area contributed by atoms with Crippen LogP contribution in [0, 0.1) is 11.8 Å². The summed E-state index contributed by atoms with van der Waals surface area (Å²) in [4.78, 5) is 30.7. The van der Waals surface area contributed by atoms with Gasteiger partial charge < -0.3 is 14.5 Å². The molecule has 3 rings (SSSR count). The van der Waals surface area contributed by atoms with Crippen molar-refractivity contribution in [3.8, 4) is 0 Å². The van der Waals surface area contributed by atoms with Crippen LogP contribution in [0.4, 0.5) is 0 Å². The molecular weight excluding hydrogens is 322 g/mol. The fourth-order valence-electron chi connectivity index (χ4n) is 3.98. The van der Waals surface area contributed by atoms with Crippen molar-refractivity contribution in [1.82, 2.24) is 15.0 Å². The maximum Gasteiger partial charge on any atom is 0.307 e. The third-order valence-corrected chi connectivity index (χ3v) is 5.46. The summed E-state index contributed by atoms with van der Waals surface area (Å²) in [6, 6.07) is 0. The first kappa shape index (κ1) is 17.9. The molecule has 7 nitrogen and oxygen atoms in total. The van der Waals surface area contributed by atoms with Crippen LogP contribution in [-0.4, -0.2) is 45.1 Å². The number of carbonyl (C=O) groups excluding carboxylic acids is 1. The van der Waals surface area contributed by atoms with Gasteiger partial charge in [-0.3, -0.25) is 9.59 Å². The quantitative estimate of drug-likeness (QED) is 0.898. The molecule has 3 unspecified atom stereocenters. The molecule has 1 aromatic heterocycles. The number of carboxylic acid groups (broad SMARTS) is 1. The Hall–Kier alpha value is -1.92. The van der Waals surface area contributed by atoms with Crippen LogP contribution in [-0.2, 0) is 9.59 Å². The van der Waals surface area contributed by atoms with E-state index in [1.54, 1.807) is 0 Å². The number of aliphatic carboxylic acids is 1. The normalized spacial score (nSPS) is 27.5. The lowest BCUT2D eigenvalue weighted by Crippen LogP contribution is -2.46. The molecule has 0 bridgehead atoms. The standard InChI is InChI=1S/C18H27N3O4/c1-11(2)15-19-16(25-20-15)12-6-5-9-21(10-12)17(22)13-7-3-4-8-14(13)18(23)24/h11-14H,3-10H2,1-2H3,(H,23,24). The van der Waals surface area contributed by atoms with Gasteiger partial charge in [0.2, 0.25) is 11.8 Å². The Morgan fingerprint density at radius 2 is 1.88 bits per heavy atom. The predicted octanol–water partition coefficient (Wildman–Crippen LogP) is 2.79. The highest BCUT2D eigenvalue weighted by Crippen LogP contribution is 2.34. The van der Waals surface area contributed by atoms with E-state index in [0.29, 0.717) is 37.6 Å². The molecule has 0 spiro atoms. The van der Waals surface area contributed by atoms with Crippen LogP contribution in [0.1, 0.15) is 75.9 Å². The lowest BCUT2D eigenvalue weighted by molar-refractivity contribution is -0.152. The number of aromatic nitrogens is 2. The molecule has 138 valence electrons. The molecular formula is C18H27N3O4. The second-order valence-corrected chi connectivity index (χ2v) is 7.60. The largest absolute Gasteiger partial charge is 0.481 e. The SMILES string of the molecule is CC(C)c1noc(C2CCCN(C(=O)C3CCCCC3C(=O)O)C2)n1. The van der Waals surface area contributed by atoms with Gasteiger partial charge in [0, 0.05) is 19.0 Å². The van der Waals surface area contributed by atoms with Gasteiger partial charge in [0.15, 0.2) is 5.82 Å². The van der Waals surface area contributed by atoms with E-state index >= 15 is 0 Å². The molecule has 1 aliphatic heterocycles. The summed E-state index contributed by atoms with van der Waals surface area (Å²) in [5.74, 6) is -0.250. The number of carbonyl (C=O) groups is 2. The predicted molar refractivity (Wildman–Crippen MR) is 90.0 cm³/mol. The van der Waals surface area contributed by atoms with Gasteiger partial charge in [-0.05, 0) is 25.7 Å². The van der Waals surface area contributed by atoms with Gasteiger partial charge in [-0.2, -0.15) is 4.98 Å². The molecule has 1 amide bonds. The van der Waals surface area contributed by atoms with Crippen LogP contribution in [0.3, 0.4) is 0 Å². The van der Waals surface area contributed by atoms with Gasteiger partial charge in [0.25, 0.3) is 0 Å². The van der Waals surface area contributed by atoms with E-state index in [2.05, 4.69) is 10.1 Å². The minimum atomic E-state index is -0.843. The zero-order valence-electron chi connectivity index (χ0n) is 15.0. The van der Waals surface area contributed by atoms with Gasteiger partial charge in [-0.1, -0.05) is 31.8 Å². The zero-order valence-corrected chi connectivity index (χ0v) is 15.0. The van der Waals surface area contributed by atoms with Crippen LogP contribution in [0.15, 0.2) is 4.52 Å². The average Bonchev–Trinajstić information content (AvgIpc) is 3.11. The fraction of sp³-hybridized carbons (Fsp3) is 0.778. The minimum absolute atomic E-state index is 0.0135. The highest BCUT2D eigenvalue weighted by atomic mass is 16.5. The van der Waals surface area contributed by atoms with E-state index in [-0.39, 0.29) is 23.7 Å². The molecule has 1 aromatic rings. The molecule has 1 saturated heterocycles. The van der Waals surface area contributed by atoms with Crippen LogP contribution < -0.4 is 0 Å². The number of rotatable bonds is 4. The van der Waals surface area contributed by atoms with Gasteiger partial charge in [-0.15, -0.1) is 0 Å². The summed E-state index contributed by atoms with van der Waals surface area (Å²) in [7, 11) is 0. The van der Waals surface area contributed by atoms with Crippen molar-refractivity contribution < 1.29 is 19.2 Å². The molecule has 1 N–H and O–H groups in total. The molecule has 0 aromatic carbocycles. The third-order valence-electron chi connectivity index (χ3n) is 5.46. The Morgan fingerprint density at radius 3 is 2.52 bits per heavy atom. The number of hydrogen-bond acceptors (Lipinski definition) is 5. The fourth-order valence-corrected chi connectivity index (χ4v) is 3.98. The second-order valence-electron chi connectivity index (χ2n) is 7.60. The second kappa shape index (κ2) is 7.54. The molecule has 1 saturated carbocycles. The first-order chi connectivity index (χ1) is 12.0. The van der Waals surface area contributed by atoms with Gasteiger partial charge >= 0.3 is 5.97 Å². The van der Waals surface area contributed by atoms with E-state index in [4.69, 9.17) is 4.52 Å². The van der Waals surface area contributed by atoms with E-state index in [1.807, 2.05) is 18.7 Å². The Labute approximate surface area is 147 Å². The van der Waals surface area contributed by atoms with Crippen molar-refractivity contribution in [2.24, 2.45) is 11.8 Å². The molecule has 2 heterocycles. The van der Waals surface area contributed by atoms with E-state index < -0.39 is 11.9 Å². The Bertz CT molecular complexity index is 628. The molecule has 2 fully saturated rings. The third kappa shape index (κ3) is 3.85. The van der Waals surface area contributed by atoms with E-state index in [1.165, 1.54) is 0 Å². The van der Waals surface area contributed by atoms with Crippen molar-refractivity contribution >= 4 is 11.9 Å². The molecule has 0 radical (unpaired) electrons. The molecule has 3 atom stereocenters. The minimum Gasteiger partial charge on any atom is -0.481 e. The monoisotopic (exact) mass is 349 g/mol. The topological polar surface area (TPSA) is 96.5 Å². The summed E-state index contributed by atoms with van der Waals surface area (Å²) >= 11 is 0.